The number of esters is 1. The number of likely N-dealkylation sites (tertiary alicyclic amines) is 1. The van der Waals surface area contributed by atoms with Crippen LogP contribution in [0.3, 0.4) is 0 Å². The van der Waals surface area contributed by atoms with Crippen LogP contribution in [0.15, 0.2) is 60.7 Å². The van der Waals surface area contributed by atoms with Gasteiger partial charge in [-0.2, -0.15) is 0 Å². The molecule has 0 atom stereocenters. The van der Waals surface area contributed by atoms with Gasteiger partial charge in [0.05, 0.1) is 6.61 Å². The van der Waals surface area contributed by atoms with Crippen molar-refractivity contribution in [3.63, 3.8) is 0 Å². The number of aliphatic carboxylic acids is 2. The summed E-state index contributed by atoms with van der Waals surface area (Å²) in [5.41, 5.74) is 1.04. The number of carbonyl (C=O) groups excluding carboxylic acids is 2. The fourth-order valence-corrected chi connectivity index (χ4v) is 4.07. The van der Waals surface area contributed by atoms with E-state index >= 15 is 0 Å². The molecule has 3 rings (SSSR count). The number of rotatable bonds is 7. The molecule has 0 saturated carbocycles. The normalized spacial score (nSPS) is 14.7. The minimum atomic E-state index is -1.82. The molecule has 2 aromatic rings. The van der Waals surface area contributed by atoms with Gasteiger partial charge in [-0.3, -0.25) is 14.6 Å². The Bertz CT molecular complexity index is 975. The summed E-state index contributed by atoms with van der Waals surface area (Å²) in [5, 5.41) is 14.8. The van der Waals surface area contributed by atoms with Crippen molar-refractivity contribution >= 4 is 29.5 Å². The van der Waals surface area contributed by atoms with Crippen molar-refractivity contribution in [1.29, 1.82) is 0 Å². The van der Waals surface area contributed by atoms with Gasteiger partial charge in [0.2, 0.25) is 5.91 Å². The maximum absolute atomic E-state index is 13.2. The van der Waals surface area contributed by atoms with Crippen molar-refractivity contribution in [3.05, 3.63) is 66.2 Å². The second kappa shape index (κ2) is 13.2. The summed E-state index contributed by atoms with van der Waals surface area (Å²) in [7, 11) is 0. The quantitative estimate of drug-likeness (QED) is 0.454. The van der Waals surface area contributed by atoms with Crippen LogP contribution in [0.25, 0.3) is 0 Å². The first kappa shape index (κ1) is 27.5. The van der Waals surface area contributed by atoms with E-state index in [0.29, 0.717) is 25.9 Å². The minimum Gasteiger partial charge on any atom is -0.473 e. The molecule has 0 aliphatic carbocycles. The fourth-order valence-electron chi connectivity index (χ4n) is 4.07. The molecule has 1 aliphatic rings. The third kappa shape index (κ3) is 7.38. The van der Waals surface area contributed by atoms with Gasteiger partial charge in [-0.1, -0.05) is 55.5 Å². The molecule has 0 aromatic heterocycles. The number of para-hydroxylation sites is 1. The number of piperidine rings is 1. The number of carboxylic acids is 2. The standard InChI is InChI=1S/C24H30N2O3.C2H2O4/c1-3-22(27)26(21-13-9-6-10-14-21)24(23(28)29-4-2)15-17-25(18-16-24)19-20-11-7-5-8-12-20;3-1(4)2(5)6/h5-14H,3-4,15-19H2,1-2H3;(H,3,4)(H,5,6). The number of carbonyl (C=O) groups is 4. The predicted octanol–water partition coefficient (Wildman–Crippen LogP) is 3.18. The zero-order valence-electron chi connectivity index (χ0n) is 20.1. The Hall–Kier alpha value is -3.72. The molecule has 1 aliphatic heterocycles. The molecule has 188 valence electrons. The van der Waals surface area contributed by atoms with Crippen LogP contribution in [0.4, 0.5) is 5.69 Å². The van der Waals surface area contributed by atoms with Gasteiger partial charge in [0.25, 0.3) is 0 Å². The van der Waals surface area contributed by atoms with Crippen LogP contribution < -0.4 is 4.90 Å². The first-order chi connectivity index (χ1) is 16.7. The lowest BCUT2D eigenvalue weighted by atomic mass is 9.84. The molecule has 0 unspecified atom stereocenters. The summed E-state index contributed by atoms with van der Waals surface area (Å²) in [4.78, 5) is 48.4. The summed E-state index contributed by atoms with van der Waals surface area (Å²) >= 11 is 0. The number of hydrogen-bond acceptors (Lipinski definition) is 6. The van der Waals surface area contributed by atoms with E-state index in [1.54, 1.807) is 4.90 Å². The maximum Gasteiger partial charge on any atom is 0.414 e. The molecule has 1 saturated heterocycles. The van der Waals surface area contributed by atoms with Crippen molar-refractivity contribution in [2.75, 3.05) is 24.6 Å². The van der Waals surface area contributed by atoms with E-state index < -0.39 is 17.5 Å². The number of anilines is 1. The zero-order chi connectivity index (χ0) is 25.8. The molecular formula is C26H32N2O7. The fraction of sp³-hybridized carbons (Fsp3) is 0.385. The smallest absolute Gasteiger partial charge is 0.414 e. The van der Waals surface area contributed by atoms with E-state index in [-0.39, 0.29) is 11.9 Å². The molecule has 9 heteroatoms. The first-order valence-corrected chi connectivity index (χ1v) is 11.5. The number of amides is 1. The first-order valence-electron chi connectivity index (χ1n) is 11.5. The van der Waals surface area contributed by atoms with Gasteiger partial charge in [-0.05, 0) is 37.5 Å². The Morgan fingerprint density at radius 1 is 0.886 bits per heavy atom. The minimum absolute atomic E-state index is 0.0548. The average molecular weight is 485 g/mol. The Morgan fingerprint density at radius 3 is 1.86 bits per heavy atom. The van der Waals surface area contributed by atoms with E-state index in [2.05, 4.69) is 17.0 Å². The van der Waals surface area contributed by atoms with E-state index in [0.717, 1.165) is 25.3 Å². The van der Waals surface area contributed by atoms with Crippen molar-refractivity contribution in [3.8, 4) is 0 Å². The van der Waals surface area contributed by atoms with Crippen molar-refractivity contribution in [2.45, 2.75) is 45.2 Å². The van der Waals surface area contributed by atoms with Gasteiger partial charge in [0.15, 0.2) is 0 Å². The van der Waals surface area contributed by atoms with Crippen LogP contribution in [0, 0.1) is 0 Å². The SMILES string of the molecule is CCOC(=O)C1(N(C(=O)CC)c2ccccc2)CCN(Cc2ccccc2)CC1.O=C(O)C(=O)O. The molecule has 1 heterocycles. The second-order valence-corrected chi connectivity index (χ2v) is 8.04. The van der Waals surface area contributed by atoms with Crippen molar-refractivity contribution in [1.82, 2.24) is 4.90 Å². The lowest BCUT2D eigenvalue weighted by Gasteiger charge is -2.46. The second-order valence-electron chi connectivity index (χ2n) is 8.04. The maximum atomic E-state index is 13.2. The van der Waals surface area contributed by atoms with Gasteiger partial charge >= 0.3 is 17.9 Å². The predicted molar refractivity (Wildman–Crippen MR) is 130 cm³/mol. The summed E-state index contributed by atoms with van der Waals surface area (Å²) in [6, 6.07) is 19.8. The van der Waals surface area contributed by atoms with Crippen LogP contribution in [-0.4, -0.2) is 64.2 Å². The van der Waals surface area contributed by atoms with Gasteiger partial charge in [0.1, 0.15) is 5.54 Å². The molecule has 9 nitrogen and oxygen atoms in total. The molecule has 0 spiro atoms. The van der Waals surface area contributed by atoms with Crippen LogP contribution in [0.1, 0.15) is 38.7 Å². The Labute approximate surface area is 204 Å². The summed E-state index contributed by atoms with van der Waals surface area (Å²) in [6.07, 6.45) is 1.45. The number of benzene rings is 2. The topological polar surface area (TPSA) is 124 Å². The molecule has 1 amide bonds. The van der Waals surface area contributed by atoms with Crippen LogP contribution in [-0.2, 0) is 30.5 Å². The van der Waals surface area contributed by atoms with Gasteiger partial charge in [-0.25, -0.2) is 14.4 Å². The lowest BCUT2D eigenvalue weighted by Crippen LogP contribution is -2.62. The highest BCUT2D eigenvalue weighted by atomic mass is 16.5. The summed E-state index contributed by atoms with van der Waals surface area (Å²) < 4.78 is 5.48. The van der Waals surface area contributed by atoms with E-state index in [4.69, 9.17) is 24.5 Å². The molecule has 0 bridgehead atoms. The van der Waals surface area contributed by atoms with Crippen molar-refractivity contribution in [2.24, 2.45) is 0 Å². The van der Waals surface area contributed by atoms with E-state index in [1.165, 1.54) is 5.56 Å². The lowest BCUT2D eigenvalue weighted by molar-refractivity contribution is -0.159. The molecule has 1 fully saturated rings. The van der Waals surface area contributed by atoms with E-state index in [1.807, 2.05) is 62.4 Å². The Balaban J connectivity index is 0.000000641. The third-order valence-corrected chi connectivity index (χ3v) is 5.76. The Morgan fingerprint density at radius 2 is 1.40 bits per heavy atom. The summed E-state index contributed by atoms with van der Waals surface area (Å²) in [5.74, 6) is -4.00. The van der Waals surface area contributed by atoms with Gasteiger partial charge in [-0.15, -0.1) is 0 Å². The van der Waals surface area contributed by atoms with Gasteiger partial charge in [0, 0.05) is 31.7 Å². The van der Waals surface area contributed by atoms with Crippen molar-refractivity contribution < 1.29 is 34.1 Å². The molecule has 0 radical (unpaired) electrons. The van der Waals surface area contributed by atoms with Crippen LogP contribution >= 0.6 is 0 Å². The highest BCUT2D eigenvalue weighted by Crippen LogP contribution is 2.35. The van der Waals surface area contributed by atoms with Gasteiger partial charge < -0.3 is 14.9 Å². The number of ether oxygens (including phenoxy) is 1. The zero-order valence-corrected chi connectivity index (χ0v) is 20.1. The largest absolute Gasteiger partial charge is 0.473 e. The number of nitrogens with zero attached hydrogens (tertiary/aromatic N) is 2. The average Bonchev–Trinajstić information content (AvgIpc) is 2.87. The molecule has 35 heavy (non-hydrogen) atoms. The molecular weight excluding hydrogens is 452 g/mol. The Kier molecular flexibility index (Phi) is 10.4. The van der Waals surface area contributed by atoms with Crippen LogP contribution in [0.2, 0.25) is 0 Å². The third-order valence-electron chi connectivity index (χ3n) is 5.76. The van der Waals surface area contributed by atoms with E-state index in [9.17, 15) is 9.59 Å². The highest BCUT2D eigenvalue weighted by Gasteiger charge is 2.50. The molecule has 2 aromatic carbocycles. The highest BCUT2D eigenvalue weighted by molar-refractivity contribution is 6.27. The number of carboxylic acid groups (broad SMARTS) is 2. The monoisotopic (exact) mass is 484 g/mol. The number of hydrogen-bond donors (Lipinski definition) is 2. The molecule has 2 N–H and O–H groups in total. The summed E-state index contributed by atoms with van der Waals surface area (Å²) in [6.45, 7) is 6.25. The van der Waals surface area contributed by atoms with Crippen LogP contribution in [0.5, 0.6) is 0 Å².